The Morgan fingerprint density at radius 3 is 2.20 bits per heavy atom. The van der Waals surface area contributed by atoms with Crippen molar-refractivity contribution in [3.05, 3.63) is 83.9 Å². The molecule has 1 fully saturated rings. The van der Waals surface area contributed by atoms with Crippen LogP contribution in [0.4, 0.5) is 16.2 Å². The summed E-state index contributed by atoms with van der Waals surface area (Å²) in [4.78, 5) is 54.7. The van der Waals surface area contributed by atoms with Gasteiger partial charge in [-0.25, -0.2) is 14.6 Å². The third-order valence-electron chi connectivity index (χ3n) is 8.21. The molecule has 2 aliphatic rings. The number of carboxylic acids is 1. The molecule has 1 aliphatic heterocycles. The van der Waals surface area contributed by atoms with E-state index in [0.717, 1.165) is 48.4 Å². The van der Waals surface area contributed by atoms with Crippen molar-refractivity contribution in [2.75, 3.05) is 23.3 Å². The summed E-state index contributed by atoms with van der Waals surface area (Å²) in [7, 11) is 0. The number of aromatic carboxylic acids is 1. The average molecular weight is 595 g/mol. The first-order valence-electron chi connectivity index (χ1n) is 15.1. The number of anilines is 2. The minimum absolute atomic E-state index is 0.0505. The lowest BCUT2D eigenvalue weighted by molar-refractivity contribution is -0.124. The lowest BCUT2D eigenvalue weighted by Crippen LogP contribution is -2.47. The summed E-state index contributed by atoms with van der Waals surface area (Å²) in [5.41, 5.74) is 2.63. The van der Waals surface area contributed by atoms with Crippen molar-refractivity contribution < 1.29 is 24.3 Å². The fraction of sp³-hybridized carbons (Fsp3) is 0.343. The number of urea groups is 1. The zero-order valence-corrected chi connectivity index (χ0v) is 25.4. The van der Waals surface area contributed by atoms with Crippen LogP contribution in [0.5, 0.6) is 0 Å². The number of hydrogen-bond donors (Lipinski definition) is 2. The van der Waals surface area contributed by atoms with Crippen LogP contribution in [0.2, 0.25) is 0 Å². The molecule has 0 atom stereocenters. The summed E-state index contributed by atoms with van der Waals surface area (Å²) in [6.45, 7) is 4.79. The minimum atomic E-state index is -1.19. The Bertz CT molecular complexity index is 1600. The summed E-state index contributed by atoms with van der Waals surface area (Å²) in [6.07, 6.45) is 5.05. The van der Waals surface area contributed by atoms with Gasteiger partial charge < -0.3 is 10.4 Å². The number of hydrazone groups is 1. The number of nitrogens with zero attached hydrogens (tertiary/aromatic N) is 3. The fourth-order valence-electron chi connectivity index (χ4n) is 5.78. The molecule has 1 aliphatic carbocycles. The van der Waals surface area contributed by atoms with Crippen LogP contribution < -0.4 is 10.2 Å². The third-order valence-corrected chi connectivity index (χ3v) is 8.21. The van der Waals surface area contributed by atoms with Crippen LogP contribution in [0.25, 0.3) is 11.1 Å². The lowest BCUT2D eigenvalue weighted by atomic mass is 9.83. The van der Waals surface area contributed by atoms with Crippen LogP contribution in [0, 0.1) is 11.3 Å². The average Bonchev–Trinajstić information content (AvgIpc) is 3.12. The van der Waals surface area contributed by atoms with Crippen molar-refractivity contribution in [1.82, 2.24) is 5.01 Å². The van der Waals surface area contributed by atoms with E-state index in [1.807, 2.05) is 63.2 Å². The van der Waals surface area contributed by atoms with E-state index >= 15 is 0 Å². The van der Waals surface area contributed by atoms with Gasteiger partial charge in [-0.3, -0.25) is 14.5 Å². The summed E-state index contributed by atoms with van der Waals surface area (Å²) in [5.74, 6) is -1.82. The van der Waals surface area contributed by atoms with Gasteiger partial charge in [-0.05, 0) is 36.1 Å². The van der Waals surface area contributed by atoms with Gasteiger partial charge in [0, 0.05) is 16.9 Å². The molecule has 9 nitrogen and oxygen atoms in total. The quantitative estimate of drug-likeness (QED) is 0.296. The topological polar surface area (TPSA) is 119 Å². The molecule has 3 amide bonds. The van der Waals surface area contributed by atoms with Crippen LogP contribution in [-0.2, 0) is 9.59 Å². The fourth-order valence-corrected chi connectivity index (χ4v) is 5.78. The second kappa shape index (κ2) is 12.8. The normalized spacial score (nSPS) is 15.7. The second-order valence-corrected chi connectivity index (χ2v) is 12.4. The Balaban J connectivity index is 1.51. The molecule has 3 aromatic carbocycles. The number of carboxylic acid groups (broad SMARTS) is 1. The Morgan fingerprint density at radius 1 is 0.864 bits per heavy atom. The Hall–Kier alpha value is -4.79. The molecule has 44 heavy (non-hydrogen) atoms. The predicted molar refractivity (Wildman–Crippen MR) is 171 cm³/mol. The molecule has 228 valence electrons. The van der Waals surface area contributed by atoms with Gasteiger partial charge in [0.05, 0.1) is 29.2 Å². The van der Waals surface area contributed by atoms with E-state index in [4.69, 9.17) is 5.10 Å². The molecule has 0 aromatic heterocycles. The summed E-state index contributed by atoms with van der Waals surface area (Å²) >= 11 is 0. The van der Waals surface area contributed by atoms with E-state index in [-0.39, 0.29) is 29.5 Å². The Kier molecular flexibility index (Phi) is 8.94. The molecule has 1 saturated carbocycles. The summed E-state index contributed by atoms with van der Waals surface area (Å²) in [5, 5.41) is 18.8. The summed E-state index contributed by atoms with van der Waals surface area (Å²) < 4.78 is 0. The lowest BCUT2D eigenvalue weighted by Gasteiger charge is -2.28. The number of carbonyl (C=O) groups excluding carboxylic acids is 3. The smallest absolute Gasteiger partial charge is 0.345 e. The van der Waals surface area contributed by atoms with Crippen molar-refractivity contribution in [3.8, 4) is 11.1 Å². The number of carbonyl (C=O) groups is 4. The zero-order valence-electron chi connectivity index (χ0n) is 25.4. The highest BCUT2D eigenvalue weighted by Gasteiger charge is 2.36. The highest BCUT2D eigenvalue weighted by molar-refractivity contribution is 6.14. The van der Waals surface area contributed by atoms with Crippen molar-refractivity contribution in [2.24, 2.45) is 16.4 Å². The molecule has 0 saturated heterocycles. The number of rotatable bonds is 8. The second-order valence-electron chi connectivity index (χ2n) is 12.4. The van der Waals surface area contributed by atoms with Gasteiger partial charge >= 0.3 is 12.0 Å². The molecule has 2 N–H and O–H groups in total. The van der Waals surface area contributed by atoms with E-state index in [1.165, 1.54) is 11.0 Å². The van der Waals surface area contributed by atoms with Crippen molar-refractivity contribution in [3.63, 3.8) is 0 Å². The van der Waals surface area contributed by atoms with E-state index in [2.05, 4.69) is 5.32 Å². The first-order chi connectivity index (χ1) is 21.0. The molecule has 0 bridgehead atoms. The van der Waals surface area contributed by atoms with Crippen LogP contribution in [0.1, 0.15) is 68.8 Å². The number of Topliss-reactive ketones (excluding diaryl/α,β-unsaturated/α-hetero) is 1. The number of ketones is 1. The first-order valence-corrected chi connectivity index (χ1v) is 15.1. The van der Waals surface area contributed by atoms with Gasteiger partial charge in [-0.1, -0.05) is 101 Å². The molecule has 0 unspecified atom stereocenters. The molecular formula is C35H38N4O5. The maximum Gasteiger partial charge on any atom is 0.345 e. The number of benzene rings is 3. The number of para-hydroxylation sites is 1. The molecule has 0 spiro atoms. The van der Waals surface area contributed by atoms with Crippen molar-refractivity contribution >= 4 is 40.8 Å². The third kappa shape index (κ3) is 6.56. The maximum atomic E-state index is 14.1. The van der Waals surface area contributed by atoms with Gasteiger partial charge in [-0.15, -0.1) is 0 Å². The number of nitrogens with one attached hydrogen (secondary N) is 1. The SMILES string of the molecule is CC(C)(C)C(=O)CN1C(=O)N(CC(=O)Nc2cccc(-c3ccccc3)c2C(=O)O)N=C(C2CCCCC2)c2ccccc21. The molecule has 5 rings (SSSR count). The minimum Gasteiger partial charge on any atom is -0.478 e. The Morgan fingerprint density at radius 2 is 1.52 bits per heavy atom. The number of hydrogen-bond acceptors (Lipinski definition) is 5. The highest BCUT2D eigenvalue weighted by atomic mass is 16.4. The van der Waals surface area contributed by atoms with Crippen molar-refractivity contribution in [1.29, 1.82) is 0 Å². The number of amides is 3. The zero-order chi connectivity index (χ0) is 31.4. The van der Waals surface area contributed by atoms with Crippen LogP contribution in [0.3, 0.4) is 0 Å². The summed E-state index contributed by atoms with van der Waals surface area (Å²) in [6, 6.07) is 20.8. The van der Waals surface area contributed by atoms with E-state index in [1.54, 1.807) is 24.3 Å². The monoisotopic (exact) mass is 594 g/mol. The van der Waals surface area contributed by atoms with E-state index in [9.17, 15) is 24.3 Å². The van der Waals surface area contributed by atoms with Gasteiger partial charge in [-0.2, -0.15) is 5.10 Å². The molecule has 0 radical (unpaired) electrons. The van der Waals surface area contributed by atoms with Crippen LogP contribution >= 0.6 is 0 Å². The van der Waals surface area contributed by atoms with E-state index in [0.29, 0.717) is 16.8 Å². The first kappa shape index (κ1) is 30.7. The van der Waals surface area contributed by atoms with Gasteiger partial charge in [0.25, 0.3) is 0 Å². The van der Waals surface area contributed by atoms with Crippen molar-refractivity contribution in [2.45, 2.75) is 52.9 Å². The van der Waals surface area contributed by atoms with Crippen LogP contribution in [-0.4, -0.2) is 52.6 Å². The highest BCUT2D eigenvalue weighted by Crippen LogP contribution is 2.35. The van der Waals surface area contributed by atoms with Crippen LogP contribution in [0.15, 0.2) is 77.9 Å². The Labute approximate surface area is 257 Å². The molecule has 1 heterocycles. The van der Waals surface area contributed by atoms with Gasteiger partial charge in [0.1, 0.15) is 6.54 Å². The predicted octanol–water partition coefficient (Wildman–Crippen LogP) is 6.83. The molecule has 9 heteroatoms. The largest absolute Gasteiger partial charge is 0.478 e. The number of fused-ring (bicyclic) bond motifs is 1. The standard InChI is InChI=1S/C35H38N4O5/c1-35(2,3)29(40)21-38-28-20-11-10-17-26(28)32(24-15-8-5-9-16-24)37-39(34(38)44)22-30(41)36-27-19-12-18-25(31(27)33(42)43)23-13-6-4-7-14-23/h4,6-7,10-14,17-20,24H,5,8-9,15-16,21-22H2,1-3H3,(H,36,41)(H,42,43). The van der Waals surface area contributed by atoms with Gasteiger partial charge in [0.2, 0.25) is 5.91 Å². The molecular weight excluding hydrogens is 556 g/mol. The van der Waals surface area contributed by atoms with Gasteiger partial charge in [0.15, 0.2) is 5.78 Å². The molecule has 3 aromatic rings. The maximum absolute atomic E-state index is 14.1. The van der Waals surface area contributed by atoms with E-state index < -0.39 is 29.9 Å².